The van der Waals surface area contributed by atoms with E-state index < -0.39 is 6.03 Å². The molecule has 0 spiro atoms. The highest BCUT2D eigenvalue weighted by Gasteiger charge is 2.18. The molecular formula is C17H17N7O2. The fraction of sp³-hybridized carbons (Fsp3) is 0.235. The molecule has 2 N–H and O–H groups in total. The first kappa shape index (κ1) is 17.3. The molecule has 0 saturated carbocycles. The molecule has 0 aliphatic rings. The quantitative estimate of drug-likeness (QED) is 0.746. The minimum atomic E-state index is -0.489. The second kappa shape index (κ2) is 7.16. The Morgan fingerprint density at radius 2 is 2.12 bits per heavy atom. The van der Waals surface area contributed by atoms with Crippen LogP contribution in [0, 0.1) is 18.3 Å². The molecule has 3 aromatic rings. The summed E-state index contributed by atoms with van der Waals surface area (Å²) in [5, 5.41) is 18.7. The Labute approximate surface area is 149 Å². The molecule has 1 atom stereocenters. The maximum atomic E-state index is 12.4. The first-order valence-electron chi connectivity index (χ1n) is 7.83. The van der Waals surface area contributed by atoms with Crippen molar-refractivity contribution in [3.63, 3.8) is 0 Å². The second-order valence-corrected chi connectivity index (χ2v) is 5.64. The number of urea groups is 1. The number of nitrogens with zero attached hydrogens (tertiary/aromatic N) is 5. The number of ether oxygens (including phenoxy) is 1. The second-order valence-electron chi connectivity index (χ2n) is 5.64. The molecule has 3 aromatic heterocycles. The van der Waals surface area contributed by atoms with Gasteiger partial charge in [0.1, 0.15) is 6.07 Å². The lowest BCUT2D eigenvalue weighted by Crippen LogP contribution is -2.22. The summed E-state index contributed by atoms with van der Waals surface area (Å²) in [5.41, 5.74) is 3.38. The number of fused-ring (bicyclic) bond motifs is 1. The fourth-order valence-corrected chi connectivity index (χ4v) is 2.52. The molecule has 3 heterocycles. The number of pyridine rings is 1. The molecule has 0 aliphatic carbocycles. The van der Waals surface area contributed by atoms with E-state index in [2.05, 4.69) is 25.7 Å². The molecule has 1 unspecified atom stereocenters. The van der Waals surface area contributed by atoms with E-state index in [1.165, 1.54) is 18.5 Å². The van der Waals surface area contributed by atoms with E-state index in [0.717, 1.165) is 5.69 Å². The maximum absolute atomic E-state index is 12.4. The first-order valence-corrected chi connectivity index (χ1v) is 7.83. The molecule has 0 fully saturated rings. The van der Waals surface area contributed by atoms with Gasteiger partial charge in [-0.2, -0.15) is 10.4 Å². The highest BCUT2D eigenvalue weighted by atomic mass is 16.5. The zero-order chi connectivity index (χ0) is 18.7. The van der Waals surface area contributed by atoms with Gasteiger partial charge in [0.2, 0.25) is 0 Å². The van der Waals surface area contributed by atoms with Crippen molar-refractivity contribution in [2.75, 3.05) is 17.7 Å². The number of carbonyl (C=O) groups excluding carboxylic acids is 1. The average Bonchev–Trinajstić information content (AvgIpc) is 3.01. The van der Waals surface area contributed by atoms with E-state index in [0.29, 0.717) is 28.3 Å². The Kier molecular flexibility index (Phi) is 4.77. The molecule has 0 aliphatic heterocycles. The first-order chi connectivity index (χ1) is 12.5. The van der Waals surface area contributed by atoms with Gasteiger partial charge in [0.25, 0.3) is 0 Å². The highest BCUT2D eigenvalue weighted by Crippen LogP contribution is 2.25. The number of nitriles is 1. The normalized spacial score (nSPS) is 11.8. The summed E-state index contributed by atoms with van der Waals surface area (Å²) in [5.74, 6) is 0. The number of anilines is 2. The number of hydrogen-bond acceptors (Lipinski definition) is 6. The van der Waals surface area contributed by atoms with Gasteiger partial charge >= 0.3 is 6.03 Å². The van der Waals surface area contributed by atoms with Crippen LogP contribution in [-0.2, 0) is 4.74 Å². The lowest BCUT2D eigenvalue weighted by atomic mass is 10.2. The Hall–Kier alpha value is -3.51. The van der Waals surface area contributed by atoms with Crippen LogP contribution in [0.25, 0.3) is 5.65 Å². The summed E-state index contributed by atoms with van der Waals surface area (Å²) >= 11 is 0. The smallest absolute Gasteiger partial charge is 0.323 e. The van der Waals surface area contributed by atoms with Crippen LogP contribution in [-0.4, -0.2) is 32.7 Å². The van der Waals surface area contributed by atoms with Crippen LogP contribution >= 0.6 is 0 Å². The van der Waals surface area contributed by atoms with Crippen molar-refractivity contribution in [3.8, 4) is 6.07 Å². The minimum Gasteiger partial charge on any atom is -0.375 e. The van der Waals surface area contributed by atoms with E-state index in [4.69, 9.17) is 10.00 Å². The zero-order valence-corrected chi connectivity index (χ0v) is 14.5. The van der Waals surface area contributed by atoms with Gasteiger partial charge < -0.3 is 15.4 Å². The SMILES string of the molecule is COC(C)c1c(NC(=O)Nc2cncc(C#N)c2)cnc2cc(C)nn12. The molecule has 0 saturated heterocycles. The van der Waals surface area contributed by atoms with Crippen molar-refractivity contribution in [1.29, 1.82) is 5.26 Å². The number of rotatable bonds is 4. The van der Waals surface area contributed by atoms with Crippen LogP contribution in [0.3, 0.4) is 0 Å². The summed E-state index contributed by atoms with van der Waals surface area (Å²) in [6.07, 6.45) is 4.11. The van der Waals surface area contributed by atoms with Crippen molar-refractivity contribution in [2.45, 2.75) is 20.0 Å². The third kappa shape index (κ3) is 3.45. The van der Waals surface area contributed by atoms with Crippen molar-refractivity contribution in [1.82, 2.24) is 19.6 Å². The van der Waals surface area contributed by atoms with Gasteiger partial charge in [0.15, 0.2) is 5.65 Å². The van der Waals surface area contributed by atoms with Crippen LogP contribution in [0.2, 0.25) is 0 Å². The topological polar surface area (TPSA) is 117 Å². The predicted molar refractivity (Wildman–Crippen MR) is 94.7 cm³/mol. The van der Waals surface area contributed by atoms with Crippen molar-refractivity contribution < 1.29 is 9.53 Å². The van der Waals surface area contributed by atoms with E-state index in [9.17, 15) is 4.79 Å². The minimum absolute atomic E-state index is 0.321. The van der Waals surface area contributed by atoms with Gasteiger partial charge in [-0.15, -0.1) is 0 Å². The Balaban J connectivity index is 1.90. The third-order valence-corrected chi connectivity index (χ3v) is 3.75. The molecule has 0 aromatic carbocycles. The van der Waals surface area contributed by atoms with Gasteiger partial charge in [-0.05, 0) is 19.9 Å². The monoisotopic (exact) mass is 351 g/mol. The van der Waals surface area contributed by atoms with Gasteiger partial charge in [0.05, 0.1) is 46.8 Å². The van der Waals surface area contributed by atoms with Gasteiger partial charge in [-0.25, -0.2) is 14.3 Å². The zero-order valence-electron chi connectivity index (χ0n) is 14.5. The van der Waals surface area contributed by atoms with E-state index in [-0.39, 0.29) is 6.10 Å². The lowest BCUT2D eigenvalue weighted by molar-refractivity contribution is 0.114. The Bertz CT molecular complexity index is 1010. The van der Waals surface area contributed by atoms with E-state index >= 15 is 0 Å². The number of amides is 2. The van der Waals surface area contributed by atoms with Gasteiger partial charge in [0, 0.05) is 19.4 Å². The molecule has 9 nitrogen and oxygen atoms in total. The molecular weight excluding hydrogens is 334 g/mol. The number of nitrogens with one attached hydrogen (secondary N) is 2. The predicted octanol–water partition coefficient (Wildman–Crippen LogP) is 2.66. The number of methoxy groups -OCH3 is 1. The standard InChI is InChI=1S/C17H17N7O2/c1-10-4-15-20-9-14(16(11(2)26-3)24(15)23-10)22-17(25)21-13-5-12(6-18)7-19-8-13/h4-5,7-9,11H,1-3H3,(H2,21,22,25). The van der Waals surface area contributed by atoms with E-state index in [1.807, 2.05) is 26.0 Å². The van der Waals surface area contributed by atoms with Crippen LogP contribution in [0.1, 0.15) is 30.0 Å². The number of hydrogen-bond donors (Lipinski definition) is 2. The fourth-order valence-electron chi connectivity index (χ4n) is 2.52. The molecule has 2 amide bonds. The maximum Gasteiger partial charge on any atom is 0.323 e. The summed E-state index contributed by atoms with van der Waals surface area (Å²) in [4.78, 5) is 20.6. The van der Waals surface area contributed by atoms with Crippen LogP contribution in [0.5, 0.6) is 0 Å². The highest BCUT2D eigenvalue weighted by molar-refractivity contribution is 6.00. The van der Waals surface area contributed by atoms with Crippen molar-refractivity contribution in [2.24, 2.45) is 0 Å². The van der Waals surface area contributed by atoms with Gasteiger partial charge in [-0.1, -0.05) is 0 Å². The van der Waals surface area contributed by atoms with Crippen LogP contribution in [0.4, 0.5) is 16.2 Å². The third-order valence-electron chi connectivity index (χ3n) is 3.75. The lowest BCUT2D eigenvalue weighted by Gasteiger charge is -2.17. The molecule has 9 heteroatoms. The molecule has 26 heavy (non-hydrogen) atoms. The van der Waals surface area contributed by atoms with Gasteiger partial charge in [-0.3, -0.25) is 4.98 Å². The average molecular weight is 351 g/mol. The summed E-state index contributed by atoms with van der Waals surface area (Å²) in [6.45, 7) is 3.72. The van der Waals surface area contributed by atoms with Crippen LogP contribution < -0.4 is 10.6 Å². The molecule has 0 radical (unpaired) electrons. The number of aryl methyl sites for hydroxylation is 1. The summed E-state index contributed by atoms with van der Waals surface area (Å²) < 4.78 is 7.07. The largest absolute Gasteiger partial charge is 0.375 e. The van der Waals surface area contributed by atoms with Crippen molar-refractivity contribution in [3.05, 3.63) is 47.7 Å². The number of aromatic nitrogens is 4. The number of carbonyl (C=O) groups is 1. The van der Waals surface area contributed by atoms with Crippen LogP contribution in [0.15, 0.2) is 30.7 Å². The Morgan fingerprint density at radius 3 is 2.85 bits per heavy atom. The summed E-state index contributed by atoms with van der Waals surface area (Å²) in [6, 6.07) is 4.86. The molecule has 3 rings (SSSR count). The van der Waals surface area contributed by atoms with E-state index in [1.54, 1.807) is 17.8 Å². The Morgan fingerprint density at radius 1 is 1.31 bits per heavy atom. The molecule has 132 valence electrons. The summed E-state index contributed by atoms with van der Waals surface area (Å²) in [7, 11) is 1.58. The molecule has 0 bridgehead atoms. The van der Waals surface area contributed by atoms with Crippen molar-refractivity contribution >= 4 is 23.1 Å².